The van der Waals surface area contributed by atoms with Gasteiger partial charge >= 0.3 is 0 Å². The van der Waals surface area contributed by atoms with E-state index < -0.39 is 0 Å². The molecule has 21 heavy (non-hydrogen) atoms. The average Bonchev–Trinajstić information content (AvgIpc) is 2.50. The first-order valence-corrected chi connectivity index (χ1v) is 7.58. The highest BCUT2D eigenvalue weighted by Gasteiger charge is 2.27. The van der Waals surface area contributed by atoms with Crippen LogP contribution in [0, 0.1) is 12.8 Å². The van der Waals surface area contributed by atoms with Crippen LogP contribution in [0.25, 0.3) is 0 Å². The van der Waals surface area contributed by atoms with Crippen LogP contribution in [-0.2, 0) is 0 Å². The van der Waals surface area contributed by atoms with E-state index in [-0.39, 0.29) is 12.1 Å². The van der Waals surface area contributed by atoms with Crippen molar-refractivity contribution in [3.8, 4) is 5.75 Å². The highest BCUT2D eigenvalue weighted by atomic mass is 16.5. The van der Waals surface area contributed by atoms with E-state index in [1.165, 1.54) is 11.1 Å². The lowest BCUT2D eigenvalue weighted by molar-refractivity contribution is 0.110. The number of ether oxygens (including phenoxy) is 1. The van der Waals surface area contributed by atoms with Gasteiger partial charge in [0.2, 0.25) is 0 Å². The Hall–Kier alpha value is -1.80. The Morgan fingerprint density at radius 3 is 2.10 bits per heavy atom. The molecule has 2 aromatic rings. The summed E-state index contributed by atoms with van der Waals surface area (Å²) < 4.78 is 6.35. The molecular formula is C19H25NO. The van der Waals surface area contributed by atoms with Crippen molar-refractivity contribution in [1.82, 2.24) is 5.32 Å². The lowest BCUT2D eigenvalue weighted by Gasteiger charge is -2.31. The van der Waals surface area contributed by atoms with Gasteiger partial charge in [0.15, 0.2) is 0 Å². The highest BCUT2D eigenvalue weighted by Crippen LogP contribution is 2.28. The van der Waals surface area contributed by atoms with Crippen LogP contribution >= 0.6 is 0 Å². The second kappa shape index (κ2) is 7.28. The molecule has 0 spiro atoms. The van der Waals surface area contributed by atoms with Crippen LogP contribution in [-0.4, -0.2) is 13.2 Å². The number of likely N-dealkylation sites (N-methyl/N-ethyl adjacent to an activating group) is 1. The third-order valence-corrected chi connectivity index (χ3v) is 3.81. The normalized spacial score (nSPS) is 14.0. The Bertz CT molecular complexity index is 551. The van der Waals surface area contributed by atoms with E-state index in [4.69, 9.17) is 4.74 Å². The van der Waals surface area contributed by atoms with E-state index >= 15 is 0 Å². The quantitative estimate of drug-likeness (QED) is 0.850. The summed E-state index contributed by atoms with van der Waals surface area (Å²) in [6.45, 7) is 6.50. The van der Waals surface area contributed by atoms with Crippen molar-refractivity contribution in [2.75, 3.05) is 7.05 Å². The second-order valence-electron chi connectivity index (χ2n) is 5.77. The summed E-state index contributed by atoms with van der Waals surface area (Å²) in [5, 5.41) is 3.41. The van der Waals surface area contributed by atoms with E-state index in [9.17, 15) is 0 Å². The molecule has 1 N–H and O–H groups in total. The molecule has 2 rings (SSSR count). The summed E-state index contributed by atoms with van der Waals surface area (Å²) in [4.78, 5) is 0. The van der Waals surface area contributed by atoms with E-state index in [0.29, 0.717) is 5.92 Å². The molecule has 0 aliphatic rings. The van der Waals surface area contributed by atoms with Gasteiger partial charge in [0, 0.05) is 0 Å². The van der Waals surface area contributed by atoms with Crippen molar-refractivity contribution in [1.29, 1.82) is 0 Å². The predicted molar refractivity (Wildman–Crippen MR) is 88.7 cm³/mol. The first kappa shape index (κ1) is 15.6. The molecule has 0 aliphatic heterocycles. The molecule has 0 saturated heterocycles. The topological polar surface area (TPSA) is 21.3 Å². The van der Waals surface area contributed by atoms with Gasteiger partial charge in [-0.3, -0.25) is 0 Å². The van der Waals surface area contributed by atoms with E-state index in [1.54, 1.807) is 0 Å². The first-order valence-electron chi connectivity index (χ1n) is 7.58. The maximum Gasteiger partial charge on any atom is 0.122 e. The monoisotopic (exact) mass is 283 g/mol. The van der Waals surface area contributed by atoms with Gasteiger partial charge in [-0.1, -0.05) is 62.4 Å². The molecule has 0 bridgehead atoms. The summed E-state index contributed by atoms with van der Waals surface area (Å²) in [7, 11) is 1.99. The SMILES string of the molecule is CNC(c1ccccc1)C(Oc1ccccc1C)C(C)C. The number of benzene rings is 2. The number of rotatable bonds is 6. The van der Waals surface area contributed by atoms with Gasteiger partial charge in [0.05, 0.1) is 6.04 Å². The smallest absolute Gasteiger partial charge is 0.122 e. The Balaban J connectivity index is 2.28. The highest BCUT2D eigenvalue weighted by molar-refractivity contribution is 5.32. The maximum atomic E-state index is 6.35. The van der Waals surface area contributed by atoms with Crippen molar-refractivity contribution < 1.29 is 4.74 Å². The van der Waals surface area contributed by atoms with Crippen molar-refractivity contribution in [3.63, 3.8) is 0 Å². The first-order chi connectivity index (χ1) is 10.1. The fraction of sp³-hybridized carbons (Fsp3) is 0.368. The van der Waals surface area contributed by atoms with Gasteiger partial charge in [-0.25, -0.2) is 0 Å². The molecular weight excluding hydrogens is 258 g/mol. The molecule has 0 radical (unpaired) electrons. The number of hydrogen-bond acceptors (Lipinski definition) is 2. The lowest BCUT2D eigenvalue weighted by atomic mass is 9.93. The van der Waals surface area contributed by atoms with Crippen molar-refractivity contribution in [2.24, 2.45) is 5.92 Å². The van der Waals surface area contributed by atoms with Crippen LogP contribution in [0.4, 0.5) is 0 Å². The Kier molecular flexibility index (Phi) is 5.40. The van der Waals surface area contributed by atoms with E-state index in [1.807, 2.05) is 31.3 Å². The van der Waals surface area contributed by atoms with Gasteiger partial charge in [-0.15, -0.1) is 0 Å². The predicted octanol–water partition coefficient (Wildman–Crippen LogP) is 4.36. The van der Waals surface area contributed by atoms with Gasteiger partial charge in [-0.2, -0.15) is 0 Å². The molecule has 2 nitrogen and oxygen atoms in total. The summed E-state index contributed by atoms with van der Waals surface area (Å²) in [5.41, 5.74) is 2.43. The zero-order valence-electron chi connectivity index (χ0n) is 13.3. The number of para-hydroxylation sites is 1. The molecule has 0 heterocycles. The van der Waals surface area contributed by atoms with Crippen molar-refractivity contribution in [2.45, 2.75) is 32.9 Å². The summed E-state index contributed by atoms with van der Waals surface area (Å²) in [6.07, 6.45) is 0.0819. The maximum absolute atomic E-state index is 6.35. The number of nitrogens with one attached hydrogen (secondary N) is 1. The molecule has 2 aromatic carbocycles. The minimum absolute atomic E-state index is 0.0819. The third-order valence-electron chi connectivity index (χ3n) is 3.81. The fourth-order valence-electron chi connectivity index (χ4n) is 2.61. The molecule has 0 amide bonds. The standard InChI is InChI=1S/C19H25NO/c1-14(2)19(21-17-13-9-8-10-15(17)3)18(20-4)16-11-6-5-7-12-16/h5-14,18-20H,1-4H3. The Labute approximate surface area is 128 Å². The van der Waals surface area contributed by atoms with Gasteiger partial charge < -0.3 is 10.1 Å². The molecule has 2 heteroatoms. The molecule has 112 valence electrons. The van der Waals surface area contributed by atoms with Crippen LogP contribution in [0.1, 0.15) is 31.0 Å². The molecule has 0 aliphatic carbocycles. The fourth-order valence-corrected chi connectivity index (χ4v) is 2.61. The van der Waals surface area contributed by atoms with Crippen molar-refractivity contribution >= 4 is 0 Å². The van der Waals surface area contributed by atoms with E-state index in [2.05, 4.69) is 56.4 Å². The minimum Gasteiger partial charge on any atom is -0.488 e. The molecule has 0 fully saturated rings. The minimum atomic E-state index is 0.0819. The van der Waals surface area contributed by atoms with Crippen molar-refractivity contribution in [3.05, 3.63) is 65.7 Å². The molecule has 2 atom stereocenters. The van der Waals surface area contributed by atoms with Gasteiger partial charge in [0.25, 0.3) is 0 Å². The summed E-state index contributed by atoms with van der Waals surface area (Å²) in [6, 6.07) is 18.9. The van der Waals surface area contributed by atoms with Crippen LogP contribution < -0.4 is 10.1 Å². The summed E-state index contributed by atoms with van der Waals surface area (Å²) in [5.74, 6) is 1.37. The zero-order valence-corrected chi connectivity index (χ0v) is 13.3. The van der Waals surface area contributed by atoms with Crippen LogP contribution in [0.15, 0.2) is 54.6 Å². The van der Waals surface area contributed by atoms with Crippen LogP contribution in [0.3, 0.4) is 0 Å². The zero-order chi connectivity index (χ0) is 15.2. The second-order valence-corrected chi connectivity index (χ2v) is 5.77. The van der Waals surface area contributed by atoms with E-state index in [0.717, 1.165) is 5.75 Å². The average molecular weight is 283 g/mol. The van der Waals surface area contributed by atoms with Gasteiger partial charge in [-0.05, 0) is 37.1 Å². The van der Waals surface area contributed by atoms with Crippen LogP contribution in [0.2, 0.25) is 0 Å². The lowest BCUT2D eigenvalue weighted by Crippen LogP contribution is -2.37. The Morgan fingerprint density at radius 2 is 1.52 bits per heavy atom. The summed E-state index contributed by atoms with van der Waals surface area (Å²) >= 11 is 0. The van der Waals surface area contributed by atoms with Crippen LogP contribution in [0.5, 0.6) is 5.75 Å². The molecule has 2 unspecified atom stereocenters. The van der Waals surface area contributed by atoms with Gasteiger partial charge in [0.1, 0.15) is 11.9 Å². The number of aryl methyl sites for hydroxylation is 1. The molecule has 0 saturated carbocycles. The molecule has 0 aromatic heterocycles. The Morgan fingerprint density at radius 1 is 0.905 bits per heavy atom. The number of hydrogen-bond donors (Lipinski definition) is 1. The third kappa shape index (κ3) is 3.85. The largest absolute Gasteiger partial charge is 0.488 e.